The van der Waals surface area contributed by atoms with Crippen molar-refractivity contribution in [2.45, 2.75) is 0 Å². The first-order chi connectivity index (χ1) is 9.56. The van der Waals surface area contributed by atoms with Crippen LogP contribution in [0.3, 0.4) is 0 Å². The number of halogens is 1. The van der Waals surface area contributed by atoms with E-state index in [9.17, 15) is 4.79 Å². The molecule has 3 aromatic rings. The summed E-state index contributed by atoms with van der Waals surface area (Å²) >= 11 is 3.39. The lowest BCUT2D eigenvalue weighted by molar-refractivity contribution is 0.0699. The Balaban J connectivity index is 2.27. The van der Waals surface area contributed by atoms with Crippen LogP contribution < -0.4 is 5.73 Å². The lowest BCUT2D eigenvalue weighted by atomic mass is 10.1. The van der Waals surface area contributed by atoms with E-state index in [4.69, 9.17) is 10.8 Å². The van der Waals surface area contributed by atoms with Gasteiger partial charge in [0.25, 0.3) is 0 Å². The summed E-state index contributed by atoms with van der Waals surface area (Å²) in [5.41, 5.74) is 7.59. The molecule has 0 saturated heterocycles. The molecular formula is C13H9BrN4O2. The minimum atomic E-state index is -1.08. The summed E-state index contributed by atoms with van der Waals surface area (Å²) in [6.45, 7) is 0. The number of aromatic nitrogens is 3. The molecule has 3 N–H and O–H groups in total. The molecule has 2 aromatic heterocycles. The Morgan fingerprint density at radius 2 is 2.15 bits per heavy atom. The minimum absolute atomic E-state index is 0.0218. The molecule has 0 aliphatic rings. The number of nitrogen functional groups attached to an aromatic ring is 1. The topological polar surface area (TPSA) is 93.5 Å². The summed E-state index contributed by atoms with van der Waals surface area (Å²) in [7, 11) is 0. The number of anilines is 1. The first-order valence-corrected chi connectivity index (χ1v) is 6.49. The maximum atomic E-state index is 11.1. The molecule has 0 unspecified atom stereocenters. The predicted octanol–water partition coefficient (Wildman–Crippen LogP) is 2.44. The van der Waals surface area contributed by atoms with Gasteiger partial charge in [-0.3, -0.25) is 0 Å². The number of carboxylic acids is 1. The summed E-state index contributed by atoms with van der Waals surface area (Å²) in [5.74, 6) is -0.754. The molecule has 6 nitrogen and oxygen atoms in total. The number of carbonyl (C=O) groups is 1. The molecule has 0 aliphatic carbocycles. The Kier molecular flexibility index (Phi) is 2.90. The minimum Gasteiger partial charge on any atom is -0.477 e. The van der Waals surface area contributed by atoms with Crippen LogP contribution in [-0.2, 0) is 0 Å². The number of aromatic carboxylic acids is 1. The van der Waals surface area contributed by atoms with Crippen molar-refractivity contribution in [1.82, 2.24) is 14.6 Å². The van der Waals surface area contributed by atoms with Crippen LogP contribution >= 0.6 is 15.9 Å². The van der Waals surface area contributed by atoms with E-state index in [2.05, 4.69) is 26.0 Å². The van der Waals surface area contributed by atoms with Crippen molar-refractivity contribution in [2.75, 3.05) is 5.73 Å². The third-order valence-electron chi connectivity index (χ3n) is 2.85. The molecule has 0 bridgehead atoms. The smallest absolute Gasteiger partial charge is 0.341 e. The van der Waals surface area contributed by atoms with Gasteiger partial charge in [0.1, 0.15) is 11.4 Å². The quantitative estimate of drug-likeness (QED) is 0.751. The highest BCUT2D eigenvalue weighted by Gasteiger charge is 2.15. The molecule has 0 amide bonds. The molecule has 0 radical (unpaired) electrons. The lowest BCUT2D eigenvalue weighted by Gasteiger charge is -2.05. The molecule has 0 atom stereocenters. The van der Waals surface area contributed by atoms with E-state index in [-0.39, 0.29) is 11.2 Å². The Labute approximate surface area is 122 Å². The summed E-state index contributed by atoms with van der Waals surface area (Å²) in [6.07, 6.45) is 1.24. The van der Waals surface area contributed by atoms with Crippen molar-refractivity contribution in [3.05, 3.63) is 46.6 Å². The highest BCUT2D eigenvalue weighted by molar-refractivity contribution is 9.10. The molecule has 3 rings (SSSR count). The van der Waals surface area contributed by atoms with E-state index < -0.39 is 5.97 Å². The first kappa shape index (κ1) is 12.6. The number of nitrogens with zero attached hydrogens (tertiary/aromatic N) is 3. The number of fused-ring (bicyclic) bond motifs is 1. The summed E-state index contributed by atoms with van der Waals surface area (Å²) in [6, 6.07) is 9.19. The summed E-state index contributed by atoms with van der Waals surface area (Å²) < 4.78 is 2.22. The van der Waals surface area contributed by atoms with E-state index in [1.54, 1.807) is 6.07 Å². The maximum Gasteiger partial charge on any atom is 0.341 e. The standard InChI is InChI=1S/C13H9BrN4O2/c14-8-3-1-2-7(4-8)10-5-11(15)18-12(17-10)9(6-16-18)13(19)20/h1-6H,15H2,(H,19,20). The molecule has 2 heterocycles. The second-order valence-electron chi connectivity index (χ2n) is 4.18. The van der Waals surface area contributed by atoms with Gasteiger partial charge in [0.15, 0.2) is 5.65 Å². The van der Waals surface area contributed by atoms with Crippen LogP contribution in [0.25, 0.3) is 16.9 Å². The van der Waals surface area contributed by atoms with Gasteiger partial charge in [-0.1, -0.05) is 28.1 Å². The summed E-state index contributed by atoms with van der Waals surface area (Å²) in [4.78, 5) is 15.5. The van der Waals surface area contributed by atoms with Crippen molar-refractivity contribution >= 4 is 33.4 Å². The number of hydrogen-bond acceptors (Lipinski definition) is 4. The normalized spacial score (nSPS) is 10.8. The predicted molar refractivity (Wildman–Crippen MR) is 77.5 cm³/mol. The SMILES string of the molecule is Nc1cc(-c2cccc(Br)c2)nc2c(C(=O)O)cnn12. The van der Waals surface area contributed by atoms with E-state index in [1.807, 2.05) is 24.3 Å². The second-order valence-corrected chi connectivity index (χ2v) is 5.09. The van der Waals surface area contributed by atoms with Crippen molar-refractivity contribution in [2.24, 2.45) is 0 Å². The number of rotatable bonds is 2. The van der Waals surface area contributed by atoms with Gasteiger partial charge in [0.2, 0.25) is 0 Å². The fraction of sp³-hybridized carbons (Fsp3) is 0. The molecular weight excluding hydrogens is 324 g/mol. The second kappa shape index (κ2) is 4.61. The Bertz CT molecular complexity index is 828. The molecule has 0 spiro atoms. The monoisotopic (exact) mass is 332 g/mol. The van der Waals surface area contributed by atoms with Gasteiger partial charge in [-0.05, 0) is 12.1 Å². The number of nitrogens with two attached hydrogens (primary N) is 1. The first-order valence-electron chi connectivity index (χ1n) is 5.70. The van der Waals surface area contributed by atoms with E-state index in [1.165, 1.54) is 10.7 Å². The highest BCUT2D eigenvalue weighted by atomic mass is 79.9. The zero-order valence-electron chi connectivity index (χ0n) is 10.1. The average Bonchev–Trinajstić information content (AvgIpc) is 2.83. The Morgan fingerprint density at radius 3 is 2.85 bits per heavy atom. The van der Waals surface area contributed by atoms with Crippen LogP contribution in [0.15, 0.2) is 41.0 Å². The maximum absolute atomic E-state index is 11.1. The van der Waals surface area contributed by atoms with Crippen molar-refractivity contribution < 1.29 is 9.90 Å². The Hall–Kier alpha value is -2.41. The van der Waals surface area contributed by atoms with Gasteiger partial charge in [0, 0.05) is 16.1 Å². The van der Waals surface area contributed by atoms with Crippen molar-refractivity contribution in [3.8, 4) is 11.3 Å². The van der Waals surface area contributed by atoms with Crippen LogP contribution in [0.5, 0.6) is 0 Å². The molecule has 1 aromatic carbocycles. The molecule has 100 valence electrons. The third-order valence-corrected chi connectivity index (χ3v) is 3.34. The molecule has 20 heavy (non-hydrogen) atoms. The molecule has 0 saturated carbocycles. The summed E-state index contributed by atoms with van der Waals surface area (Å²) in [5, 5.41) is 13.1. The fourth-order valence-corrected chi connectivity index (χ4v) is 2.33. The molecule has 0 fully saturated rings. The van der Waals surface area contributed by atoms with Crippen molar-refractivity contribution in [1.29, 1.82) is 0 Å². The van der Waals surface area contributed by atoms with Crippen LogP contribution in [0.4, 0.5) is 5.82 Å². The van der Waals surface area contributed by atoms with Gasteiger partial charge in [-0.2, -0.15) is 9.61 Å². The van der Waals surface area contributed by atoms with Gasteiger partial charge < -0.3 is 10.8 Å². The van der Waals surface area contributed by atoms with Gasteiger partial charge in [-0.25, -0.2) is 9.78 Å². The zero-order chi connectivity index (χ0) is 14.3. The molecule has 7 heteroatoms. The Morgan fingerprint density at radius 1 is 1.35 bits per heavy atom. The van der Waals surface area contributed by atoms with Gasteiger partial charge in [-0.15, -0.1) is 0 Å². The highest BCUT2D eigenvalue weighted by Crippen LogP contribution is 2.24. The van der Waals surface area contributed by atoms with Crippen LogP contribution in [0, 0.1) is 0 Å². The van der Waals surface area contributed by atoms with Crippen LogP contribution in [-0.4, -0.2) is 25.7 Å². The number of benzene rings is 1. The van der Waals surface area contributed by atoms with Crippen molar-refractivity contribution in [3.63, 3.8) is 0 Å². The van der Waals surface area contributed by atoms with Crippen LogP contribution in [0.1, 0.15) is 10.4 Å². The molecule has 0 aliphatic heterocycles. The zero-order valence-corrected chi connectivity index (χ0v) is 11.7. The van der Waals surface area contributed by atoms with E-state index in [0.29, 0.717) is 11.5 Å². The number of hydrogen-bond donors (Lipinski definition) is 2. The average molecular weight is 333 g/mol. The van der Waals surface area contributed by atoms with Crippen LogP contribution in [0.2, 0.25) is 0 Å². The van der Waals surface area contributed by atoms with E-state index in [0.717, 1.165) is 10.0 Å². The lowest BCUT2D eigenvalue weighted by Crippen LogP contribution is -2.03. The third kappa shape index (κ3) is 2.01. The fourth-order valence-electron chi connectivity index (χ4n) is 1.93. The number of carboxylic acid groups (broad SMARTS) is 1. The van der Waals surface area contributed by atoms with Gasteiger partial charge >= 0.3 is 5.97 Å². The largest absolute Gasteiger partial charge is 0.477 e. The van der Waals surface area contributed by atoms with Gasteiger partial charge in [0.05, 0.1) is 11.9 Å². The van der Waals surface area contributed by atoms with E-state index >= 15 is 0 Å².